The molecular formula is C19H22N8O2. The molecule has 0 aliphatic carbocycles. The lowest BCUT2D eigenvalue weighted by Gasteiger charge is -2.17. The molecule has 0 bridgehead atoms. The molecular weight excluding hydrogens is 372 g/mol. The molecule has 2 aromatic heterocycles. The topological polar surface area (TPSA) is 138 Å². The highest BCUT2D eigenvalue weighted by molar-refractivity contribution is 5.98. The fourth-order valence-corrected chi connectivity index (χ4v) is 2.99. The van der Waals surface area contributed by atoms with Crippen LogP contribution in [0.4, 0.5) is 5.69 Å². The van der Waals surface area contributed by atoms with Gasteiger partial charge in [0.2, 0.25) is 5.96 Å². The molecule has 0 unspecified atom stereocenters. The molecule has 0 spiro atoms. The van der Waals surface area contributed by atoms with Gasteiger partial charge in [-0.05, 0) is 31.5 Å². The highest BCUT2D eigenvalue weighted by Crippen LogP contribution is 2.32. The van der Waals surface area contributed by atoms with Crippen molar-refractivity contribution in [2.24, 2.45) is 17.8 Å². The monoisotopic (exact) mass is 394 g/mol. The van der Waals surface area contributed by atoms with Gasteiger partial charge in [0.15, 0.2) is 11.8 Å². The lowest BCUT2D eigenvalue weighted by atomic mass is 10.1. The van der Waals surface area contributed by atoms with Gasteiger partial charge >= 0.3 is 0 Å². The minimum atomic E-state index is -0.297. The molecule has 0 atom stereocenters. The van der Waals surface area contributed by atoms with Crippen molar-refractivity contribution in [2.75, 3.05) is 18.6 Å². The highest BCUT2D eigenvalue weighted by Gasteiger charge is 2.18. The molecule has 29 heavy (non-hydrogen) atoms. The number of H-pyrrole nitrogens is 1. The zero-order chi connectivity index (χ0) is 21.1. The number of fused-ring (bicyclic) bond motifs is 1. The van der Waals surface area contributed by atoms with Gasteiger partial charge in [-0.2, -0.15) is 10.4 Å². The maximum atomic E-state index is 12.7. The zero-order valence-electron chi connectivity index (χ0n) is 16.7. The Labute approximate surface area is 167 Å². The summed E-state index contributed by atoms with van der Waals surface area (Å²) in [4.78, 5) is 25.1. The Hall–Kier alpha value is -3.87. The van der Waals surface area contributed by atoms with E-state index in [1.54, 1.807) is 36.9 Å². The van der Waals surface area contributed by atoms with Crippen molar-refractivity contribution in [2.45, 2.75) is 20.3 Å². The summed E-state index contributed by atoms with van der Waals surface area (Å²) in [6.45, 7) is 4.24. The van der Waals surface area contributed by atoms with Crippen LogP contribution in [0.1, 0.15) is 19.0 Å². The van der Waals surface area contributed by atoms with Gasteiger partial charge in [-0.15, -0.1) is 0 Å². The van der Waals surface area contributed by atoms with Gasteiger partial charge in [-0.3, -0.25) is 9.79 Å². The van der Waals surface area contributed by atoms with E-state index in [9.17, 15) is 10.1 Å². The number of aryl methyl sites for hydroxylation is 2. The van der Waals surface area contributed by atoms with Crippen LogP contribution in [0.5, 0.6) is 5.75 Å². The number of nitriles is 1. The van der Waals surface area contributed by atoms with Gasteiger partial charge in [0, 0.05) is 14.1 Å². The largest absolute Gasteiger partial charge is 0.493 e. The number of guanidine groups is 1. The minimum absolute atomic E-state index is 0.0415. The van der Waals surface area contributed by atoms with Crippen molar-refractivity contribution in [3.05, 3.63) is 34.2 Å². The van der Waals surface area contributed by atoms with Crippen molar-refractivity contribution in [1.29, 1.82) is 5.26 Å². The van der Waals surface area contributed by atoms with Crippen LogP contribution in [-0.2, 0) is 7.05 Å². The number of ether oxygens (including phenoxy) is 1. The van der Waals surface area contributed by atoms with E-state index in [-0.39, 0.29) is 11.5 Å². The first kappa shape index (κ1) is 19.9. The SMILES string of the molecule is CCCOc1ccc(N(C#N)C(N)=NC)cc1-c1nc2c(c(C)nn2C)c(=O)[nH]1. The summed E-state index contributed by atoms with van der Waals surface area (Å²) in [5.74, 6) is 0.880. The number of aromatic nitrogens is 4. The maximum Gasteiger partial charge on any atom is 0.262 e. The lowest BCUT2D eigenvalue weighted by Crippen LogP contribution is -2.33. The molecule has 2 heterocycles. The van der Waals surface area contributed by atoms with Crippen molar-refractivity contribution in [3.8, 4) is 23.3 Å². The van der Waals surface area contributed by atoms with Crippen LogP contribution in [0, 0.1) is 18.4 Å². The number of hydrogen-bond acceptors (Lipinski definition) is 6. The van der Waals surface area contributed by atoms with E-state index in [2.05, 4.69) is 20.1 Å². The van der Waals surface area contributed by atoms with Gasteiger partial charge in [-0.1, -0.05) is 6.92 Å². The number of nitrogens with one attached hydrogen (secondary N) is 1. The van der Waals surface area contributed by atoms with E-state index in [1.807, 2.05) is 13.1 Å². The average molecular weight is 394 g/mol. The molecule has 150 valence electrons. The molecule has 3 N–H and O–H groups in total. The van der Waals surface area contributed by atoms with Crippen LogP contribution >= 0.6 is 0 Å². The molecule has 0 amide bonds. The molecule has 0 saturated carbocycles. The molecule has 0 radical (unpaired) electrons. The summed E-state index contributed by atoms with van der Waals surface area (Å²) >= 11 is 0. The fourth-order valence-electron chi connectivity index (χ4n) is 2.99. The Morgan fingerprint density at radius 2 is 2.24 bits per heavy atom. The van der Waals surface area contributed by atoms with Crippen molar-refractivity contribution >= 4 is 22.7 Å². The summed E-state index contributed by atoms with van der Waals surface area (Å²) in [6, 6.07) is 5.09. The molecule has 10 nitrogen and oxygen atoms in total. The van der Waals surface area contributed by atoms with Crippen LogP contribution in [-0.4, -0.2) is 39.4 Å². The molecule has 0 fully saturated rings. The Bertz CT molecular complexity index is 1190. The molecule has 0 aliphatic rings. The second kappa shape index (κ2) is 8.02. The predicted octanol–water partition coefficient (Wildman–Crippen LogP) is 1.65. The smallest absolute Gasteiger partial charge is 0.262 e. The van der Waals surface area contributed by atoms with E-state index in [4.69, 9.17) is 10.5 Å². The second-order valence-corrected chi connectivity index (χ2v) is 6.37. The number of anilines is 1. The van der Waals surface area contributed by atoms with Crippen LogP contribution in [0.3, 0.4) is 0 Å². The number of aliphatic imine (C=N–C) groups is 1. The van der Waals surface area contributed by atoms with E-state index >= 15 is 0 Å². The first-order valence-electron chi connectivity index (χ1n) is 9.04. The van der Waals surface area contributed by atoms with Gasteiger partial charge in [0.05, 0.1) is 23.6 Å². The van der Waals surface area contributed by atoms with Gasteiger partial charge < -0.3 is 15.5 Å². The number of aromatic amines is 1. The number of hydrogen-bond donors (Lipinski definition) is 2. The maximum absolute atomic E-state index is 12.7. The second-order valence-electron chi connectivity index (χ2n) is 6.37. The standard InChI is InChI=1S/C19H22N8O2/c1-5-8-29-14-7-6-12(27(10-20)19(21)22-3)9-13(14)16-23-17-15(18(28)24-16)11(2)25-26(17)4/h6-7,9H,5,8H2,1-4H3,(H2,21,22)(H,23,24,28). The highest BCUT2D eigenvalue weighted by atomic mass is 16.5. The molecule has 3 rings (SSSR count). The summed E-state index contributed by atoms with van der Waals surface area (Å²) < 4.78 is 7.39. The van der Waals surface area contributed by atoms with E-state index < -0.39 is 0 Å². The Morgan fingerprint density at radius 3 is 2.90 bits per heavy atom. The van der Waals surface area contributed by atoms with Crippen molar-refractivity contribution in [1.82, 2.24) is 19.7 Å². The van der Waals surface area contributed by atoms with Crippen LogP contribution in [0.2, 0.25) is 0 Å². The predicted molar refractivity (Wildman–Crippen MR) is 111 cm³/mol. The third-order valence-corrected chi connectivity index (χ3v) is 4.36. The van der Waals surface area contributed by atoms with Crippen molar-refractivity contribution in [3.63, 3.8) is 0 Å². The fraction of sp³-hybridized carbons (Fsp3) is 0.316. The van der Waals surface area contributed by atoms with Crippen LogP contribution in [0.25, 0.3) is 22.4 Å². The first-order chi connectivity index (χ1) is 13.9. The quantitative estimate of drug-likeness (QED) is 0.290. The third kappa shape index (κ3) is 3.62. The van der Waals surface area contributed by atoms with Gasteiger partial charge in [0.25, 0.3) is 5.56 Å². The Balaban J connectivity index is 2.24. The van der Waals surface area contributed by atoms with E-state index in [0.717, 1.165) is 6.42 Å². The molecule has 1 aromatic carbocycles. The molecule has 0 aliphatic heterocycles. The first-order valence-corrected chi connectivity index (χ1v) is 9.04. The molecule has 3 aromatic rings. The summed E-state index contributed by atoms with van der Waals surface area (Å²) in [7, 11) is 3.23. The summed E-state index contributed by atoms with van der Waals surface area (Å²) in [5, 5.41) is 14.2. The molecule has 10 heteroatoms. The van der Waals surface area contributed by atoms with Crippen LogP contribution < -0.4 is 20.9 Å². The lowest BCUT2D eigenvalue weighted by molar-refractivity contribution is 0.318. The minimum Gasteiger partial charge on any atom is -0.493 e. The Morgan fingerprint density at radius 1 is 1.48 bits per heavy atom. The van der Waals surface area contributed by atoms with Gasteiger partial charge in [0.1, 0.15) is 17.0 Å². The average Bonchev–Trinajstić information content (AvgIpc) is 3.01. The number of rotatable bonds is 5. The zero-order valence-corrected chi connectivity index (χ0v) is 16.7. The number of nitrogens with zero attached hydrogens (tertiary/aromatic N) is 6. The third-order valence-electron chi connectivity index (χ3n) is 4.36. The van der Waals surface area contributed by atoms with E-state index in [1.165, 1.54) is 11.9 Å². The number of benzene rings is 1. The van der Waals surface area contributed by atoms with Crippen molar-refractivity contribution < 1.29 is 4.74 Å². The normalized spacial score (nSPS) is 11.5. The van der Waals surface area contributed by atoms with Gasteiger partial charge in [-0.25, -0.2) is 14.6 Å². The van der Waals surface area contributed by atoms with E-state index in [0.29, 0.717) is 46.2 Å². The summed E-state index contributed by atoms with van der Waals surface area (Å²) in [6.07, 6.45) is 2.80. The number of nitrogens with two attached hydrogens (primary N) is 1. The van der Waals surface area contributed by atoms with Crippen LogP contribution in [0.15, 0.2) is 28.0 Å². The molecule has 0 saturated heterocycles. The summed E-state index contributed by atoms with van der Waals surface area (Å²) in [5.41, 5.74) is 7.58. The Kier molecular flexibility index (Phi) is 5.50.